The maximum absolute atomic E-state index is 12.2. The molecule has 1 aromatic heterocycles. The zero-order valence-electron chi connectivity index (χ0n) is 14.6. The van der Waals surface area contributed by atoms with E-state index >= 15 is 0 Å². The maximum atomic E-state index is 12.2. The van der Waals surface area contributed by atoms with Crippen molar-refractivity contribution in [2.24, 2.45) is 5.14 Å². The summed E-state index contributed by atoms with van der Waals surface area (Å²) in [5.74, 6) is -0.382. The van der Waals surface area contributed by atoms with E-state index in [1.54, 1.807) is 25.1 Å². The van der Waals surface area contributed by atoms with Crippen molar-refractivity contribution >= 4 is 16.0 Å². The number of hydrogen-bond acceptors (Lipinski definition) is 4. The van der Waals surface area contributed by atoms with Crippen LogP contribution in [-0.2, 0) is 21.3 Å². The van der Waals surface area contributed by atoms with Crippen molar-refractivity contribution in [3.63, 3.8) is 0 Å². The Morgan fingerprint density at radius 3 is 2.36 bits per heavy atom. The number of rotatable bonds is 6. The molecule has 7 heteroatoms. The Bertz CT molecular complexity index is 909. The molecule has 0 unspecified atom stereocenters. The number of carbonyl (C=O) groups excluding carboxylic acids is 1. The molecular weight excluding hydrogens is 340 g/mol. The van der Waals surface area contributed by atoms with Crippen LogP contribution in [0.25, 0.3) is 0 Å². The number of primary sulfonamides is 1. The Hall–Kier alpha value is -2.38. The largest absolute Gasteiger partial charge is 0.458 e. The maximum Gasteiger partial charge on any atom is 0.340 e. The van der Waals surface area contributed by atoms with Crippen LogP contribution < -0.4 is 5.14 Å². The SMILES string of the molecule is C=C(C)COC(=O)c1cc(C)n(Cc2ccc(S(N)(=O)=O)cc2)c1C. The molecule has 134 valence electrons. The third kappa shape index (κ3) is 4.58. The van der Waals surface area contributed by atoms with Gasteiger partial charge < -0.3 is 9.30 Å². The first-order chi connectivity index (χ1) is 11.6. The van der Waals surface area contributed by atoms with E-state index in [1.807, 2.05) is 18.4 Å². The molecule has 0 aliphatic heterocycles. The molecule has 2 N–H and O–H groups in total. The Kier molecular flexibility index (Phi) is 5.49. The molecule has 0 atom stereocenters. The highest BCUT2D eigenvalue weighted by molar-refractivity contribution is 7.89. The number of sulfonamides is 1. The number of aromatic nitrogens is 1. The Balaban J connectivity index is 2.23. The van der Waals surface area contributed by atoms with E-state index in [1.165, 1.54) is 12.1 Å². The normalized spacial score (nSPS) is 11.4. The lowest BCUT2D eigenvalue weighted by Crippen LogP contribution is -2.12. The van der Waals surface area contributed by atoms with Crippen molar-refractivity contribution < 1.29 is 17.9 Å². The molecule has 0 amide bonds. The van der Waals surface area contributed by atoms with Crippen LogP contribution in [0.2, 0.25) is 0 Å². The van der Waals surface area contributed by atoms with Gasteiger partial charge in [0.2, 0.25) is 10.0 Å². The highest BCUT2D eigenvalue weighted by Crippen LogP contribution is 2.19. The number of benzene rings is 1. The molecule has 0 saturated carbocycles. The molecule has 0 radical (unpaired) electrons. The molecule has 2 aromatic rings. The first kappa shape index (κ1) is 19.0. The fourth-order valence-electron chi connectivity index (χ4n) is 2.48. The van der Waals surface area contributed by atoms with Gasteiger partial charge in [0.05, 0.1) is 10.5 Å². The van der Waals surface area contributed by atoms with Gasteiger partial charge in [0.25, 0.3) is 0 Å². The summed E-state index contributed by atoms with van der Waals surface area (Å²) in [5, 5.41) is 5.10. The van der Waals surface area contributed by atoms with E-state index in [0.29, 0.717) is 12.1 Å². The topological polar surface area (TPSA) is 91.4 Å². The van der Waals surface area contributed by atoms with E-state index in [0.717, 1.165) is 22.5 Å². The smallest absolute Gasteiger partial charge is 0.340 e. The number of aryl methyl sites for hydroxylation is 1. The number of nitrogens with zero attached hydrogens (tertiary/aromatic N) is 1. The van der Waals surface area contributed by atoms with Gasteiger partial charge in [0.1, 0.15) is 6.61 Å². The summed E-state index contributed by atoms with van der Waals surface area (Å²) in [6.45, 7) is 9.96. The van der Waals surface area contributed by atoms with Gasteiger partial charge in [0, 0.05) is 17.9 Å². The molecule has 0 spiro atoms. The van der Waals surface area contributed by atoms with Gasteiger partial charge in [-0.15, -0.1) is 0 Å². The van der Waals surface area contributed by atoms with Gasteiger partial charge >= 0.3 is 5.97 Å². The predicted molar refractivity (Wildman–Crippen MR) is 95.9 cm³/mol. The van der Waals surface area contributed by atoms with E-state index in [4.69, 9.17) is 9.88 Å². The molecule has 25 heavy (non-hydrogen) atoms. The van der Waals surface area contributed by atoms with Gasteiger partial charge in [-0.25, -0.2) is 18.4 Å². The molecule has 6 nitrogen and oxygen atoms in total. The summed E-state index contributed by atoms with van der Waals surface area (Å²) < 4.78 is 29.8. The Morgan fingerprint density at radius 1 is 1.24 bits per heavy atom. The third-order valence-electron chi connectivity index (χ3n) is 3.84. The molecule has 0 saturated heterocycles. The number of nitrogens with two attached hydrogens (primary N) is 1. The van der Waals surface area contributed by atoms with E-state index < -0.39 is 10.0 Å². The molecule has 0 aliphatic rings. The quantitative estimate of drug-likeness (QED) is 0.631. The van der Waals surface area contributed by atoms with E-state index in [9.17, 15) is 13.2 Å². The third-order valence-corrected chi connectivity index (χ3v) is 4.77. The lowest BCUT2D eigenvalue weighted by molar-refractivity contribution is 0.0539. The second-order valence-electron chi connectivity index (χ2n) is 6.09. The van der Waals surface area contributed by atoms with Crippen LogP contribution >= 0.6 is 0 Å². The van der Waals surface area contributed by atoms with Crippen LogP contribution in [0.15, 0.2) is 47.4 Å². The zero-order valence-corrected chi connectivity index (χ0v) is 15.4. The summed E-state index contributed by atoms with van der Waals surface area (Å²) in [6.07, 6.45) is 0. The lowest BCUT2D eigenvalue weighted by Gasteiger charge is -2.11. The van der Waals surface area contributed by atoms with Crippen LogP contribution in [0, 0.1) is 13.8 Å². The minimum Gasteiger partial charge on any atom is -0.458 e. The first-order valence-corrected chi connectivity index (χ1v) is 9.24. The highest BCUT2D eigenvalue weighted by Gasteiger charge is 2.17. The van der Waals surface area contributed by atoms with Crippen LogP contribution in [-0.4, -0.2) is 25.6 Å². The van der Waals surface area contributed by atoms with Crippen molar-refractivity contribution in [3.05, 3.63) is 65.0 Å². The molecule has 0 fully saturated rings. The van der Waals surface area contributed by atoms with Gasteiger partial charge in [-0.3, -0.25) is 0 Å². The first-order valence-electron chi connectivity index (χ1n) is 7.69. The molecule has 2 rings (SSSR count). The van der Waals surface area contributed by atoms with Crippen molar-refractivity contribution in [2.45, 2.75) is 32.2 Å². The van der Waals surface area contributed by atoms with Crippen LogP contribution in [0.1, 0.15) is 34.2 Å². The standard InChI is InChI=1S/C18H22N2O4S/c1-12(2)11-24-18(21)17-9-13(3)20(14(17)4)10-15-5-7-16(8-6-15)25(19,22)23/h5-9H,1,10-11H2,2-4H3,(H2,19,22,23). The summed E-state index contributed by atoms with van der Waals surface area (Å²) in [5.41, 5.74) is 3.89. The van der Waals surface area contributed by atoms with Crippen LogP contribution in [0.3, 0.4) is 0 Å². The average Bonchev–Trinajstić information content (AvgIpc) is 2.80. The van der Waals surface area contributed by atoms with Crippen molar-refractivity contribution in [1.29, 1.82) is 0 Å². The van der Waals surface area contributed by atoms with Crippen molar-refractivity contribution in [3.8, 4) is 0 Å². The number of carbonyl (C=O) groups is 1. The van der Waals surface area contributed by atoms with Gasteiger partial charge in [-0.2, -0.15) is 0 Å². The summed E-state index contributed by atoms with van der Waals surface area (Å²) in [4.78, 5) is 12.3. The summed E-state index contributed by atoms with van der Waals surface area (Å²) >= 11 is 0. The fourth-order valence-corrected chi connectivity index (χ4v) is 3.00. The summed E-state index contributed by atoms with van der Waals surface area (Å²) in [7, 11) is -3.70. The molecule has 0 bridgehead atoms. The number of ether oxygens (including phenoxy) is 1. The molecule has 0 aliphatic carbocycles. The summed E-state index contributed by atoms with van der Waals surface area (Å²) in [6, 6.07) is 8.14. The number of hydrogen-bond donors (Lipinski definition) is 1. The zero-order chi connectivity index (χ0) is 18.8. The van der Waals surface area contributed by atoms with Gasteiger partial charge in [-0.1, -0.05) is 18.7 Å². The molecular formula is C18H22N2O4S. The van der Waals surface area contributed by atoms with E-state index in [2.05, 4.69) is 6.58 Å². The van der Waals surface area contributed by atoms with Gasteiger partial charge in [-0.05, 0) is 50.1 Å². The fraction of sp³-hybridized carbons (Fsp3) is 0.278. The lowest BCUT2D eigenvalue weighted by atomic mass is 10.2. The van der Waals surface area contributed by atoms with Crippen molar-refractivity contribution in [2.75, 3.05) is 6.61 Å². The van der Waals surface area contributed by atoms with Crippen LogP contribution in [0.4, 0.5) is 0 Å². The van der Waals surface area contributed by atoms with Gasteiger partial charge in [0.15, 0.2) is 0 Å². The minimum absolute atomic E-state index is 0.0706. The highest BCUT2D eigenvalue weighted by atomic mass is 32.2. The molecule has 1 heterocycles. The molecule has 1 aromatic carbocycles. The predicted octanol–water partition coefficient (Wildman–Crippen LogP) is 2.53. The van der Waals surface area contributed by atoms with Crippen molar-refractivity contribution in [1.82, 2.24) is 4.57 Å². The second kappa shape index (κ2) is 7.25. The average molecular weight is 362 g/mol. The minimum atomic E-state index is -3.70. The Morgan fingerprint density at radius 2 is 1.84 bits per heavy atom. The van der Waals surface area contributed by atoms with Crippen LogP contribution in [0.5, 0.6) is 0 Å². The monoisotopic (exact) mass is 362 g/mol. The number of esters is 1. The Labute approximate surface area is 148 Å². The van der Waals surface area contributed by atoms with E-state index in [-0.39, 0.29) is 17.5 Å². The second-order valence-corrected chi connectivity index (χ2v) is 7.65.